The number of aliphatic hydroxyl groups excluding tert-OH is 1. The van der Waals surface area contributed by atoms with Crippen molar-refractivity contribution in [3.63, 3.8) is 0 Å². The molecule has 0 spiro atoms. The molecule has 1 aliphatic rings. The van der Waals surface area contributed by atoms with Gasteiger partial charge in [0.1, 0.15) is 5.84 Å². The lowest BCUT2D eigenvalue weighted by molar-refractivity contribution is 0.220. The molecule has 0 saturated carbocycles. The highest BCUT2D eigenvalue weighted by atomic mass is 35.5. The van der Waals surface area contributed by atoms with Gasteiger partial charge in [0.25, 0.3) is 0 Å². The van der Waals surface area contributed by atoms with Crippen LogP contribution in [0.5, 0.6) is 0 Å². The van der Waals surface area contributed by atoms with E-state index in [1.54, 1.807) is 6.07 Å². The van der Waals surface area contributed by atoms with Gasteiger partial charge in [0, 0.05) is 30.3 Å². The Morgan fingerprint density at radius 1 is 1.56 bits per heavy atom. The number of nitrogens with zero attached hydrogens (tertiary/aromatic N) is 1. The summed E-state index contributed by atoms with van der Waals surface area (Å²) in [4.78, 5) is 2.29. The molecule has 0 bridgehead atoms. The summed E-state index contributed by atoms with van der Waals surface area (Å²) >= 11 is 6.19. The van der Waals surface area contributed by atoms with Crippen molar-refractivity contribution in [1.82, 2.24) is 4.90 Å². The predicted octanol–water partition coefficient (Wildman–Crippen LogP) is 1.44. The number of likely N-dealkylation sites (tertiary alicyclic amines) is 1. The molecule has 0 amide bonds. The largest absolute Gasteiger partial charge is 0.396 e. The molecule has 0 aliphatic carbocycles. The maximum atomic E-state index is 9.11. The fourth-order valence-corrected chi connectivity index (χ4v) is 2.53. The second-order valence-corrected chi connectivity index (χ2v) is 5.20. The number of nitrogen functional groups attached to an aromatic ring is 1. The number of aliphatic hydroxyl groups is 1. The van der Waals surface area contributed by atoms with Crippen LogP contribution < -0.4 is 5.73 Å². The van der Waals surface area contributed by atoms with Gasteiger partial charge in [0.15, 0.2) is 0 Å². The number of rotatable bonds is 4. The zero-order valence-electron chi connectivity index (χ0n) is 10.2. The summed E-state index contributed by atoms with van der Waals surface area (Å²) < 4.78 is 0. The minimum Gasteiger partial charge on any atom is -0.396 e. The Hall–Kier alpha value is -1.10. The summed E-state index contributed by atoms with van der Waals surface area (Å²) in [5, 5.41) is 17.1. The third kappa shape index (κ3) is 3.02. The molecular weight excluding hydrogens is 250 g/mol. The smallest absolute Gasteiger partial charge is 0.122 e. The normalized spacial score (nSPS) is 20.2. The highest BCUT2D eigenvalue weighted by molar-refractivity contribution is 6.31. The Morgan fingerprint density at radius 2 is 2.33 bits per heavy atom. The van der Waals surface area contributed by atoms with E-state index in [1.807, 2.05) is 12.1 Å². The fourth-order valence-electron chi connectivity index (χ4n) is 2.29. The van der Waals surface area contributed by atoms with E-state index in [2.05, 4.69) is 4.90 Å². The van der Waals surface area contributed by atoms with Gasteiger partial charge in [-0.2, -0.15) is 0 Å². The molecule has 1 unspecified atom stereocenters. The molecule has 1 aromatic rings. The van der Waals surface area contributed by atoms with Crippen molar-refractivity contribution in [2.24, 2.45) is 11.7 Å². The van der Waals surface area contributed by atoms with Crippen LogP contribution in [0, 0.1) is 11.3 Å². The Labute approximate surface area is 112 Å². The molecule has 18 heavy (non-hydrogen) atoms. The van der Waals surface area contributed by atoms with Gasteiger partial charge in [-0.3, -0.25) is 10.3 Å². The van der Waals surface area contributed by atoms with Gasteiger partial charge in [0.05, 0.1) is 0 Å². The van der Waals surface area contributed by atoms with Gasteiger partial charge in [0.2, 0.25) is 0 Å². The SMILES string of the molecule is N=C(N)c1ccc(CN2CCC(CO)C2)c(Cl)c1. The van der Waals surface area contributed by atoms with E-state index in [0.29, 0.717) is 16.5 Å². The predicted molar refractivity (Wildman–Crippen MR) is 72.9 cm³/mol. The van der Waals surface area contributed by atoms with Crippen molar-refractivity contribution < 1.29 is 5.11 Å². The van der Waals surface area contributed by atoms with E-state index < -0.39 is 0 Å². The third-order valence-corrected chi connectivity index (χ3v) is 3.74. The first-order valence-electron chi connectivity index (χ1n) is 6.06. The molecule has 1 aromatic carbocycles. The van der Waals surface area contributed by atoms with Crippen LogP contribution in [0.25, 0.3) is 0 Å². The minimum atomic E-state index is 0.0324. The van der Waals surface area contributed by atoms with Crippen molar-refractivity contribution in [3.8, 4) is 0 Å². The Kier molecular flexibility index (Phi) is 4.22. The summed E-state index contributed by atoms with van der Waals surface area (Å²) in [6, 6.07) is 5.48. The van der Waals surface area contributed by atoms with Crippen molar-refractivity contribution >= 4 is 17.4 Å². The maximum absolute atomic E-state index is 9.11. The van der Waals surface area contributed by atoms with Gasteiger partial charge in [-0.15, -0.1) is 0 Å². The van der Waals surface area contributed by atoms with Gasteiger partial charge in [-0.25, -0.2) is 0 Å². The number of nitrogens with one attached hydrogen (secondary N) is 1. The second-order valence-electron chi connectivity index (χ2n) is 4.79. The van der Waals surface area contributed by atoms with Gasteiger partial charge in [-0.05, 0) is 30.5 Å². The molecule has 0 aromatic heterocycles. The first-order chi connectivity index (χ1) is 8.60. The molecule has 2 rings (SSSR count). The molecule has 0 radical (unpaired) electrons. The Balaban J connectivity index is 2.04. The zero-order chi connectivity index (χ0) is 13.1. The highest BCUT2D eigenvalue weighted by Gasteiger charge is 2.22. The monoisotopic (exact) mass is 267 g/mol. The molecule has 1 saturated heterocycles. The van der Waals surface area contributed by atoms with Crippen LogP contribution in [0.2, 0.25) is 5.02 Å². The lowest BCUT2D eigenvalue weighted by atomic mass is 10.1. The first-order valence-corrected chi connectivity index (χ1v) is 6.44. The van der Waals surface area contributed by atoms with Crippen LogP contribution in [0.1, 0.15) is 17.5 Å². The topological polar surface area (TPSA) is 73.3 Å². The molecule has 1 atom stereocenters. The lowest BCUT2D eigenvalue weighted by Crippen LogP contribution is -2.21. The third-order valence-electron chi connectivity index (χ3n) is 3.39. The first kappa shape index (κ1) is 13.3. The molecule has 4 nitrogen and oxygen atoms in total. The number of hydrogen-bond donors (Lipinski definition) is 3. The summed E-state index contributed by atoms with van der Waals surface area (Å²) in [5.74, 6) is 0.422. The van der Waals surface area contributed by atoms with E-state index >= 15 is 0 Å². The number of amidine groups is 1. The van der Waals surface area contributed by atoms with Crippen molar-refractivity contribution in [2.45, 2.75) is 13.0 Å². The van der Waals surface area contributed by atoms with Crippen LogP contribution in [0.15, 0.2) is 18.2 Å². The fraction of sp³-hybridized carbons (Fsp3) is 0.462. The molecule has 5 heteroatoms. The van der Waals surface area contributed by atoms with E-state index in [-0.39, 0.29) is 12.4 Å². The van der Waals surface area contributed by atoms with E-state index in [4.69, 9.17) is 27.9 Å². The summed E-state index contributed by atoms with van der Waals surface area (Å²) in [6.45, 7) is 2.96. The standard InChI is InChI=1S/C13H18ClN3O/c14-12-5-10(13(15)16)1-2-11(12)7-17-4-3-9(6-17)8-18/h1-2,5,9,18H,3-4,6-8H2,(H3,15,16). The van der Waals surface area contributed by atoms with Crippen molar-refractivity contribution in [3.05, 3.63) is 34.3 Å². The Bertz CT molecular complexity index is 450. The van der Waals surface area contributed by atoms with Gasteiger partial charge in [-0.1, -0.05) is 23.7 Å². The van der Waals surface area contributed by atoms with Crippen LogP contribution >= 0.6 is 11.6 Å². The molecule has 1 aliphatic heterocycles. The van der Waals surface area contributed by atoms with Crippen LogP contribution in [0.3, 0.4) is 0 Å². The number of benzene rings is 1. The van der Waals surface area contributed by atoms with Gasteiger partial charge < -0.3 is 10.8 Å². The van der Waals surface area contributed by atoms with E-state index in [9.17, 15) is 0 Å². The van der Waals surface area contributed by atoms with Gasteiger partial charge >= 0.3 is 0 Å². The average molecular weight is 268 g/mol. The molecule has 1 fully saturated rings. The number of halogens is 1. The summed E-state index contributed by atoms with van der Waals surface area (Å²) in [6.07, 6.45) is 1.04. The molecular formula is C13H18ClN3O. The average Bonchev–Trinajstić information content (AvgIpc) is 2.79. The highest BCUT2D eigenvalue weighted by Crippen LogP contribution is 2.23. The van der Waals surface area contributed by atoms with Crippen molar-refractivity contribution in [2.75, 3.05) is 19.7 Å². The zero-order valence-corrected chi connectivity index (χ0v) is 11.0. The Morgan fingerprint density at radius 3 is 2.89 bits per heavy atom. The minimum absolute atomic E-state index is 0.0324. The quantitative estimate of drug-likeness (QED) is 0.571. The summed E-state index contributed by atoms with van der Waals surface area (Å²) in [7, 11) is 0. The van der Waals surface area contributed by atoms with Crippen molar-refractivity contribution in [1.29, 1.82) is 5.41 Å². The molecule has 4 N–H and O–H groups in total. The second kappa shape index (κ2) is 5.69. The van der Waals surface area contributed by atoms with E-state index in [0.717, 1.165) is 31.6 Å². The van der Waals surface area contributed by atoms with Crippen LogP contribution in [-0.4, -0.2) is 35.5 Å². The maximum Gasteiger partial charge on any atom is 0.122 e. The molecule has 98 valence electrons. The summed E-state index contributed by atoms with van der Waals surface area (Å²) in [5.41, 5.74) is 7.11. The van der Waals surface area contributed by atoms with Crippen LogP contribution in [-0.2, 0) is 6.54 Å². The molecule has 1 heterocycles. The number of nitrogens with two attached hydrogens (primary N) is 1. The van der Waals surface area contributed by atoms with Crippen LogP contribution in [0.4, 0.5) is 0 Å². The number of hydrogen-bond acceptors (Lipinski definition) is 3. The van der Waals surface area contributed by atoms with E-state index in [1.165, 1.54) is 0 Å². The lowest BCUT2D eigenvalue weighted by Gasteiger charge is -2.16.